The maximum absolute atomic E-state index is 13.3. The Morgan fingerprint density at radius 1 is 0.966 bits per heavy atom. The Kier molecular flexibility index (Phi) is 5.54. The number of aryl methyl sites for hydroxylation is 1. The summed E-state index contributed by atoms with van der Waals surface area (Å²) in [7, 11) is 0. The highest BCUT2D eigenvalue weighted by Crippen LogP contribution is 2.40. The van der Waals surface area contributed by atoms with E-state index in [-0.39, 0.29) is 0 Å². The highest BCUT2D eigenvalue weighted by Gasteiger charge is 2.40. The zero-order valence-corrected chi connectivity index (χ0v) is 17.6. The van der Waals surface area contributed by atoms with Crippen LogP contribution in [-0.4, -0.2) is 11.8 Å². The summed E-state index contributed by atoms with van der Waals surface area (Å²) in [4.78, 5) is 28.1. The molecule has 29 heavy (non-hydrogen) atoms. The molecular weight excluding hydrogens is 429 g/mol. The molecule has 7 heteroatoms. The second kappa shape index (κ2) is 8.11. The van der Waals surface area contributed by atoms with Gasteiger partial charge in [-0.05, 0) is 42.8 Å². The molecule has 1 aromatic heterocycles. The minimum Gasteiger partial charge on any atom is -0.468 e. The minimum absolute atomic E-state index is 0.343. The first-order chi connectivity index (χ1) is 13.9. The lowest BCUT2D eigenvalue weighted by Crippen LogP contribution is -2.31. The molecule has 0 N–H and O–H groups in total. The van der Waals surface area contributed by atoms with E-state index in [9.17, 15) is 9.59 Å². The smallest absolute Gasteiger partial charge is 0.272 e. The molecule has 0 unspecified atom stereocenters. The van der Waals surface area contributed by atoms with Crippen molar-refractivity contribution in [3.63, 3.8) is 0 Å². The van der Waals surface area contributed by atoms with Crippen LogP contribution in [0.3, 0.4) is 0 Å². The molecular formula is C22H15Cl2NO3S. The Bertz CT molecular complexity index is 1100. The molecule has 4 nitrogen and oxygen atoms in total. The maximum atomic E-state index is 13.3. The van der Waals surface area contributed by atoms with Crippen LogP contribution in [0.4, 0.5) is 5.69 Å². The maximum Gasteiger partial charge on any atom is 0.272 e. The van der Waals surface area contributed by atoms with Crippen molar-refractivity contribution in [1.29, 1.82) is 0 Å². The second-order valence-electron chi connectivity index (χ2n) is 6.51. The molecule has 2 heterocycles. The lowest BCUT2D eigenvalue weighted by atomic mass is 10.0. The van der Waals surface area contributed by atoms with Crippen LogP contribution >= 0.6 is 35.0 Å². The first kappa shape index (κ1) is 19.8. The standard InChI is InChI=1S/C22H15Cl2NO3S/c1-13-4-6-14(7-5-13)19-20(29-12-18-3-2-8-28-18)22(27)25(21(19)26)17-10-15(23)9-16(24)11-17/h2-11H,12H2,1H3. The summed E-state index contributed by atoms with van der Waals surface area (Å²) >= 11 is 13.5. The van der Waals surface area contributed by atoms with E-state index in [1.807, 2.05) is 37.3 Å². The summed E-state index contributed by atoms with van der Waals surface area (Å²) in [5.74, 6) is 0.343. The van der Waals surface area contributed by atoms with Crippen LogP contribution in [0.5, 0.6) is 0 Å². The van der Waals surface area contributed by atoms with Crippen molar-refractivity contribution >= 4 is 58.0 Å². The van der Waals surface area contributed by atoms with Crippen molar-refractivity contribution < 1.29 is 14.0 Å². The number of thioether (sulfide) groups is 1. The Balaban J connectivity index is 1.77. The van der Waals surface area contributed by atoms with Gasteiger partial charge in [-0.1, -0.05) is 53.0 Å². The van der Waals surface area contributed by atoms with Gasteiger partial charge in [0.1, 0.15) is 5.76 Å². The van der Waals surface area contributed by atoms with E-state index in [4.69, 9.17) is 27.6 Å². The molecule has 0 fully saturated rings. The van der Waals surface area contributed by atoms with Crippen LogP contribution in [0.15, 0.2) is 70.2 Å². The predicted molar refractivity (Wildman–Crippen MR) is 117 cm³/mol. The largest absolute Gasteiger partial charge is 0.468 e. The van der Waals surface area contributed by atoms with Crippen LogP contribution in [-0.2, 0) is 15.3 Å². The number of carbonyl (C=O) groups is 2. The number of anilines is 1. The van der Waals surface area contributed by atoms with E-state index < -0.39 is 11.8 Å². The molecule has 0 aliphatic carbocycles. The zero-order valence-electron chi connectivity index (χ0n) is 15.3. The second-order valence-corrected chi connectivity index (χ2v) is 8.37. The third-order valence-electron chi connectivity index (χ3n) is 4.43. The highest BCUT2D eigenvalue weighted by molar-refractivity contribution is 8.03. The molecule has 0 bridgehead atoms. The van der Waals surface area contributed by atoms with Crippen molar-refractivity contribution in [3.05, 3.63) is 92.7 Å². The van der Waals surface area contributed by atoms with Gasteiger partial charge in [-0.25, -0.2) is 4.90 Å². The van der Waals surface area contributed by atoms with Gasteiger partial charge in [-0.15, -0.1) is 11.8 Å². The number of halogens is 2. The first-order valence-electron chi connectivity index (χ1n) is 8.75. The van der Waals surface area contributed by atoms with Crippen LogP contribution in [0.25, 0.3) is 5.57 Å². The number of nitrogens with zero attached hydrogens (tertiary/aromatic N) is 1. The molecule has 0 saturated heterocycles. The number of rotatable bonds is 5. The van der Waals surface area contributed by atoms with Gasteiger partial charge in [-0.2, -0.15) is 0 Å². The number of furan rings is 1. The van der Waals surface area contributed by atoms with Gasteiger partial charge in [0.2, 0.25) is 0 Å². The number of amides is 2. The summed E-state index contributed by atoms with van der Waals surface area (Å²) in [6, 6.07) is 15.8. The van der Waals surface area contributed by atoms with Crippen LogP contribution < -0.4 is 4.90 Å². The SMILES string of the molecule is Cc1ccc(C2=C(SCc3ccco3)C(=O)N(c3cc(Cl)cc(Cl)c3)C2=O)cc1. The Labute approximate surface area is 182 Å². The number of hydrogen-bond donors (Lipinski definition) is 0. The van der Waals surface area contributed by atoms with Gasteiger partial charge in [0.05, 0.1) is 28.2 Å². The molecule has 4 rings (SSSR count). The molecule has 0 atom stereocenters. The van der Waals surface area contributed by atoms with Gasteiger partial charge < -0.3 is 4.42 Å². The van der Waals surface area contributed by atoms with Crippen molar-refractivity contribution in [1.82, 2.24) is 0 Å². The summed E-state index contributed by atoms with van der Waals surface area (Å²) in [6.45, 7) is 1.96. The fourth-order valence-electron chi connectivity index (χ4n) is 3.06. The summed E-state index contributed by atoms with van der Waals surface area (Å²) < 4.78 is 5.37. The summed E-state index contributed by atoms with van der Waals surface area (Å²) in [5.41, 5.74) is 2.46. The molecule has 3 aromatic rings. The topological polar surface area (TPSA) is 50.5 Å². The van der Waals surface area contributed by atoms with Crippen LogP contribution in [0.2, 0.25) is 10.0 Å². The number of hydrogen-bond acceptors (Lipinski definition) is 4. The minimum atomic E-state index is -0.404. The van der Waals surface area contributed by atoms with Gasteiger partial charge in [0.15, 0.2) is 0 Å². The molecule has 146 valence electrons. The van der Waals surface area contributed by atoms with E-state index in [0.29, 0.717) is 37.5 Å². The lowest BCUT2D eigenvalue weighted by Gasteiger charge is -2.16. The Morgan fingerprint density at radius 2 is 1.66 bits per heavy atom. The summed E-state index contributed by atoms with van der Waals surface area (Å²) in [6.07, 6.45) is 1.58. The molecule has 2 aromatic carbocycles. The first-order valence-corrected chi connectivity index (χ1v) is 10.5. The van der Waals surface area contributed by atoms with E-state index >= 15 is 0 Å². The Morgan fingerprint density at radius 3 is 2.28 bits per heavy atom. The quantitative estimate of drug-likeness (QED) is 0.446. The van der Waals surface area contributed by atoms with Gasteiger partial charge >= 0.3 is 0 Å². The molecule has 2 amide bonds. The van der Waals surface area contributed by atoms with Crippen molar-refractivity contribution in [2.75, 3.05) is 4.90 Å². The number of carbonyl (C=O) groups excluding carboxylic acids is 2. The van der Waals surface area contributed by atoms with Crippen LogP contribution in [0.1, 0.15) is 16.9 Å². The van der Waals surface area contributed by atoms with Crippen molar-refractivity contribution in [2.45, 2.75) is 12.7 Å². The average Bonchev–Trinajstić information content (AvgIpc) is 3.26. The average molecular weight is 444 g/mol. The molecule has 0 radical (unpaired) electrons. The molecule has 1 aliphatic heterocycles. The molecule has 1 aliphatic rings. The fraction of sp³-hybridized carbons (Fsp3) is 0.0909. The van der Waals surface area contributed by atoms with E-state index in [1.165, 1.54) is 11.8 Å². The molecule has 0 spiro atoms. The van der Waals surface area contributed by atoms with E-state index in [0.717, 1.165) is 16.2 Å². The normalized spacial score (nSPS) is 14.2. The fourth-order valence-corrected chi connectivity index (χ4v) is 4.59. The van der Waals surface area contributed by atoms with Crippen molar-refractivity contribution in [3.8, 4) is 0 Å². The third-order valence-corrected chi connectivity index (χ3v) is 5.96. The van der Waals surface area contributed by atoms with E-state index in [2.05, 4.69) is 0 Å². The summed E-state index contributed by atoms with van der Waals surface area (Å²) in [5, 5.41) is 0.698. The highest BCUT2D eigenvalue weighted by atomic mass is 35.5. The van der Waals surface area contributed by atoms with Gasteiger partial charge in [0, 0.05) is 10.0 Å². The lowest BCUT2D eigenvalue weighted by molar-refractivity contribution is -0.119. The molecule has 0 saturated carbocycles. The van der Waals surface area contributed by atoms with Gasteiger partial charge in [-0.3, -0.25) is 9.59 Å². The monoisotopic (exact) mass is 443 g/mol. The zero-order chi connectivity index (χ0) is 20.5. The van der Waals surface area contributed by atoms with Crippen LogP contribution in [0, 0.1) is 6.92 Å². The Hall–Kier alpha value is -2.47. The van der Waals surface area contributed by atoms with E-state index in [1.54, 1.807) is 30.5 Å². The third kappa shape index (κ3) is 3.99. The predicted octanol–water partition coefficient (Wildman–Crippen LogP) is 6.11. The number of benzene rings is 2. The van der Waals surface area contributed by atoms with Crippen molar-refractivity contribution in [2.24, 2.45) is 0 Å². The number of imide groups is 1. The van der Waals surface area contributed by atoms with Gasteiger partial charge in [0.25, 0.3) is 11.8 Å².